The van der Waals surface area contributed by atoms with Crippen molar-refractivity contribution in [3.05, 3.63) is 0 Å². The Morgan fingerprint density at radius 1 is 1.18 bits per heavy atom. The van der Waals surface area contributed by atoms with E-state index in [1.165, 1.54) is 38.5 Å². The van der Waals surface area contributed by atoms with E-state index < -0.39 is 0 Å². The Kier molecular flexibility index (Phi) is 3.87. The third-order valence-electron chi connectivity index (χ3n) is 2.87. The van der Waals surface area contributed by atoms with Gasteiger partial charge in [0, 0.05) is 6.04 Å². The second-order valence-corrected chi connectivity index (χ2v) is 3.71. The number of hydrogen-bond donors (Lipinski definition) is 2. The molecular weight excluding hydrogens is 136 g/mol. The van der Waals surface area contributed by atoms with E-state index in [2.05, 4.69) is 12.3 Å². The van der Waals surface area contributed by atoms with Gasteiger partial charge in [-0.25, -0.2) is 0 Å². The minimum absolute atomic E-state index is 0.507. The van der Waals surface area contributed by atoms with E-state index in [0.29, 0.717) is 6.04 Å². The predicted octanol–water partition coefficient (Wildman–Crippen LogP) is 1.81. The quantitative estimate of drug-likeness (QED) is 0.363. The molecule has 1 fully saturated rings. The highest BCUT2D eigenvalue weighted by Crippen LogP contribution is 2.24. The molecule has 1 aliphatic rings. The van der Waals surface area contributed by atoms with Crippen molar-refractivity contribution in [3.63, 3.8) is 0 Å². The lowest BCUT2D eigenvalue weighted by Crippen LogP contribution is -2.38. The first-order valence-corrected chi connectivity index (χ1v) is 4.80. The molecule has 1 rings (SSSR count). The highest BCUT2D eigenvalue weighted by molar-refractivity contribution is 4.72. The van der Waals surface area contributed by atoms with E-state index in [1.54, 1.807) is 0 Å². The summed E-state index contributed by atoms with van der Waals surface area (Å²) < 4.78 is 0. The van der Waals surface area contributed by atoms with Crippen LogP contribution >= 0.6 is 0 Å². The molecule has 2 nitrogen and oxygen atoms in total. The monoisotopic (exact) mass is 156 g/mol. The SMILES string of the molecule is CC(NN)C1CCCCCC1. The van der Waals surface area contributed by atoms with Crippen LogP contribution in [0.5, 0.6) is 0 Å². The van der Waals surface area contributed by atoms with Gasteiger partial charge in [0.05, 0.1) is 0 Å². The molecule has 0 radical (unpaired) electrons. The highest BCUT2D eigenvalue weighted by Gasteiger charge is 2.17. The zero-order valence-electron chi connectivity index (χ0n) is 7.47. The predicted molar refractivity (Wildman–Crippen MR) is 48.0 cm³/mol. The summed E-state index contributed by atoms with van der Waals surface area (Å²) in [7, 11) is 0. The van der Waals surface area contributed by atoms with Crippen molar-refractivity contribution >= 4 is 0 Å². The summed E-state index contributed by atoms with van der Waals surface area (Å²) >= 11 is 0. The van der Waals surface area contributed by atoms with Gasteiger partial charge in [0.25, 0.3) is 0 Å². The molecule has 3 N–H and O–H groups in total. The second kappa shape index (κ2) is 4.73. The first-order valence-electron chi connectivity index (χ1n) is 4.80. The fraction of sp³-hybridized carbons (Fsp3) is 1.00. The van der Waals surface area contributed by atoms with Crippen molar-refractivity contribution in [1.29, 1.82) is 0 Å². The fourth-order valence-electron chi connectivity index (χ4n) is 1.95. The van der Waals surface area contributed by atoms with E-state index in [9.17, 15) is 0 Å². The van der Waals surface area contributed by atoms with E-state index >= 15 is 0 Å². The molecular formula is C9H20N2. The second-order valence-electron chi connectivity index (χ2n) is 3.71. The first kappa shape index (κ1) is 9.01. The van der Waals surface area contributed by atoms with Crippen LogP contribution in [0.1, 0.15) is 45.4 Å². The van der Waals surface area contributed by atoms with Gasteiger partial charge >= 0.3 is 0 Å². The molecule has 0 amide bonds. The Balaban J connectivity index is 2.30. The van der Waals surface area contributed by atoms with Crippen LogP contribution in [0.15, 0.2) is 0 Å². The summed E-state index contributed by atoms with van der Waals surface area (Å²) in [6.45, 7) is 2.19. The molecule has 0 saturated heterocycles. The number of nitrogens with two attached hydrogens (primary N) is 1. The van der Waals surface area contributed by atoms with Crippen LogP contribution in [0, 0.1) is 5.92 Å². The highest BCUT2D eigenvalue weighted by atomic mass is 15.2. The largest absolute Gasteiger partial charge is 0.271 e. The van der Waals surface area contributed by atoms with Gasteiger partial charge < -0.3 is 0 Å². The molecule has 0 aromatic rings. The minimum Gasteiger partial charge on any atom is -0.271 e. The van der Waals surface area contributed by atoms with E-state index in [-0.39, 0.29) is 0 Å². The maximum absolute atomic E-state index is 5.40. The Bertz CT molecular complexity index is 95.7. The molecule has 0 aromatic carbocycles. The maximum Gasteiger partial charge on any atom is 0.0210 e. The van der Waals surface area contributed by atoms with E-state index in [1.807, 2.05) is 0 Å². The zero-order valence-corrected chi connectivity index (χ0v) is 7.47. The topological polar surface area (TPSA) is 38.0 Å². The van der Waals surface area contributed by atoms with Crippen LogP contribution < -0.4 is 11.3 Å². The van der Waals surface area contributed by atoms with Gasteiger partial charge in [0.15, 0.2) is 0 Å². The number of nitrogens with one attached hydrogen (secondary N) is 1. The molecule has 1 atom stereocenters. The van der Waals surface area contributed by atoms with Crippen molar-refractivity contribution in [2.24, 2.45) is 11.8 Å². The van der Waals surface area contributed by atoms with Gasteiger partial charge in [-0.1, -0.05) is 25.7 Å². The molecule has 0 heterocycles. The molecule has 0 bridgehead atoms. The Labute approximate surface area is 69.5 Å². The average Bonchev–Trinajstić information content (AvgIpc) is 2.30. The van der Waals surface area contributed by atoms with Gasteiger partial charge in [-0.15, -0.1) is 0 Å². The van der Waals surface area contributed by atoms with Crippen LogP contribution in [0.2, 0.25) is 0 Å². The van der Waals surface area contributed by atoms with Crippen LogP contribution in [-0.4, -0.2) is 6.04 Å². The van der Waals surface area contributed by atoms with Crippen molar-refractivity contribution in [3.8, 4) is 0 Å². The Morgan fingerprint density at radius 3 is 2.18 bits per heavy atom. The molecule has 1 aliphatic carbocycles. The van der Waals surface area contributed by atoms with Crippen LogP contribution in [0.3, 0.4) is 0 Å². The van der Waals surface area contributed by atoms with Crippen molar-refractivity contribution in [2.45, 2.75) is 51.5 Å². The molecule has 0 aliphatic heterocycles. The van der Waals surface area contributed by atoms with Crippen molar-refractivity contribution < 1.29 is 0 Å². The third-order valence-corrected chi connectivity index (χ3v) is 2.87. The Morgan fingerprint density at radius 2 is 1.73 bits per heavy atom. The van der Waals surface area contributed by atoms with E-state index in [4.69, 9.17) is 5.84 Å². The fourth-order valence-corrected chi connectivity index (χ4v) is 1.95. The number of hydrogen-bond acceptors (Lipinski definition) is 2. The van der Waals surface area contributed by atoms with Gasteiger partial charge in [-0.3, -0.25) is 11.3 Å². The average molecular weight is 156 g/mol. The third kappa shape index (κ3) is 2.80. The number of hydrazine groups is 1. The summed E-state index contributed by atoms with van der Waals surface area (Å²) in [5.74, 6) is 6.23. The number of rotatable bonds is 2. The summed E-state index contributed by atoms with van der Waals surface area (Å²) in [4.78, 5) is 0. The standard InChI is InChI=1S/C9H20N2/c1-8(11-10)9-6-4-2-3-5-7-9/h8-9,11H,2-7,10H2,1H3. The summed E-state index contributed by atoms with van der Waals surface area (Å²) in [5, 5.41) is 0. The Hall–Kier alpha value is -0.0800. The molecule has 0 spiro atoms. The molecule has 66 valence electrons. The summed E-state index contributed by atoms with van der Waals surface area (Å²) in [5.41, 5.74) is 2.86. The lowest BCUT2D eigenvalue weighted by molar-refractivity contribution is 0.342. The zero-order chi connectivity index (χ0) is 8.10. The van der Waals surface area contributed by atoms with Gasteiger partial charge in [-0.05, 0) is 25.7 Å². The van der Waals surface area contributed by atoms with Gasteiger partial charge in [-0.2, -0.15) is 0 Å². The summed E-state index contributed by atoms with van der Waals surface area (Å²) in [6, 6.07) is 0.507. The van der Waals surface area contributed by atoms with Crippen LogP contribution in [-0.2, 0) is 0 Å². The lowest BCUT2D eigenvalue weighted by atomic mass is 9.94. The first-order chi connectivity index (χ1) is 5.34. The summed E-state index contributed by atoms with van der Waals surface area (Å²) in [6.07, 6.45) is 8.38. The smallest absolute Gasteiger partial charge is 0.0210 e. The minimum atomic E-state index is 0.507. The maximum atomic E-state index is 5.40. The lowest BCUT2D eigenvalue weighted by Gasteiger charge is -2.20. The van der Waals surface area contributed by atoms with Crippen molar-refractivity contribution in [1.82, 2.24) is 5.43 Å². The molecule has 1 saturated carbocycles. The normalized spacial score (nSPS) is 24.5. The van der Waals surface area contributed by atoms with Crippen molar-refractivity contribution in [2.75, 3.05) is 0 Å². The molecule has 11 heavy (non-hydrogen) atoms. The molecule has 1 unspecified atom stereocenters. The van der Waals surface area contributed by atoms with Gasteiger partial charge in [0.2, 0.25) is 0 Å². The molecule has 2 heteroatoms. The molecule has 0 aromatic heterocycles. The van der Waals surface area contributed by atoms with Gasteiger partial charge in [0.1, 0.15) is 0 Å². The van der Waals surface area contributed by atoms with Crippen LogP contribution in [0.4, 0.5) is 0 Å². The van der Waals surface area contributed by atoms with E-state index in [0.717, 1.165) is 5.92 Å². The van der Waals surface area contributed by atoms with Crippen LogP contribution in [0.25, 0.3) is 0 Å².